The number of benzene rings is 1. The number of likely N-dealkylation sites (tertiary alicyclic amines) is 1. The average molecular weight is 297 g/mol. The highest BCUT2D eigenvalue weighted by Gasteiger charge is 2.28. The Labute approximate surface area is 124 Å². The van der Waals surface area contributed by atoms with E-state index in [9.17, 15) is 5.11 Å². The van der Waals surface area contributed by atoms with Crippen LogP contribution in [0.2, 0.25) is 5.02 Å². The number of phenolic OH excluding ortho intramolecular Hbond substituents is 1. The van der Waals surface area contributed by atoms with E-state index < -0.39 is 0 Å². The normalized spacial score (nSPS) is 25.1. The maximum atomic E-state index is 9.45. The van der Waals surface area contributed by atoms with Crippen LogP contribution >= 0.6 is 11.6 Å². The molecule has 2 saturated heterocycles. The molecular formula is C15H21ClN2O2. The third-order valence-corrected chi connectivity index (χ3v) is 4.53. The zero-order valence-corrected chi connectivity index (χ0v) is 12.4. The molecule has 4 nitrogen and oxygen atoms in total. The quantitative estimate of drug-likeness (QED) is 0.925. The van der Waals surface area contributed by atoms with Crippen LogP contribution in [0.4, 0.5) is 0 Å². The minimum absolute atomic E-state index is 0.156. The van der Waals surface area contributed by atoms with Gasteiger partial charge in [0.25, 0.3) is 0 Å². The van der Waals surface area contributed by atoms with Crippen LogP contribution in [0.15, 0.2) is 18.2 Å². The summed E-state index contributed by atoms with van der Waals surface area (Å²) in [4.78, 5) is 5.01. The average Bonchev–Trinajstić information content (AvgIpc) is 2.92. The van der Waals surface area contributed by atoms with E-state index >= 15 is 0 Å². The van der Waals surface area contributed by atoms with E-state index in [4.69, 9.17) is 16.3 Å². The topological polar surface area (TPSA) is 35.9 Å². The van der Waals surface area contributed by atoms with E-state index in [-0.39, 0.29) is 5.75 Å². The van der Waals surface area contributed by atoms with Crippen molar-refractivity contribution in [2.45, 2.75) is 19.0 Å². The van der Waals surface area contributed by atoms with Crippen molar-refractivity contribution in [2.75, 3.05) is 39.4 Å². The van der Waals surface area contributed by atoms with Gasteiger partial charge in [0.15, 0.2) is 0 Å². The minimum Gasteiger partial charge on any atom is -0.506 e. The maximum Gasteiger partial charge on any atom is 0.134 e. The molecule has 2 fully saturated rings. The largest absolute Gasteiger partial charge is 0.506 e. The number of halogens is 1. The maximum absolute atomic E-state index is 9.45. The van der Waals surface area contributed by atoms with Crippen molar-refractivity contribution >= 4 is 11.6 Å². The second-order valence-corrected chi connectivity index (χ2v) is 6.02. The van der Waals surface area contributed by atoms with Crippen molar-refractivity contribution in [2.24, 2.45) is 0 Å². The Morgan fingerprint density at radius 1 is 1.25 bits per heavy atom. The molecular weight excluding hydrogens is 276 g/mol. The molecule has 5 heteroatoms. The lowest BCUT2D eigenvalue weighted by atomic mass is 10.2. The summed E-state index contributed by atoms with van der Waals surface area (Å²) in [5.74, 6) is 0.156. The Morgan fingerprint density at radius 3 is 2.80 bits per heavy atom. The lowest BCUT2D eigenvalue weighted by Crippen LogP contribution is -2.44. The number of nitrogens with zero attached hydrogens (tertiary/aromatic N) is 2. The fourth-order valence-electron chi connectivity index (χ4n) is 3.10. The lowest BCUT2D eigenvalue weighted by molar-refractivity contribution is 0.0184. The minimum atomic E-state index is 0.156. The third-order valence-electron chi connectivity index (χ3n) is 4.23. The molecule has 0 spiro atoms. The molecule has 1 unspecified atom stereocenters. The Balaban J connectivity index is 1.55. The number of hydrogen-bond acceptors (Lipinski definition) is 4. The van der Waals surface area contributed by atoms with Crippen LogP contribution in [0.25, 0.3) is 0 Å². The Morgan fingerprint density at radius 2 is 2.05 bits per heavy atom. The molecule has 1 N–H and O–H groups in total. The van der Waals surface area contributed by atoms with Gasteiger partial charge in [-0.05, 0) is 24.1 Å². The van der Waals surface area contributed by atoms with Crippen LogP contribution in [-0.2, 0) is 11.3 Å². The fourth-order valence-corrected chi connectivity index (χ4v) is 3.31. The van der Waals surface area contributed by atoms with Crippen LogP contribution in [-0.4, -0.2) is 60.3 Å². The Kier molecular flexibility index (Phi) is 4.46. The van der Waals surface area contributed by atoms with Crippen LogP contribution in [0.5, 0.6) is 5.75 Å². The van der Waals surface area contributed by atoms with Gasteiger partial charge < -0.3 is 9.84 Å². The number of rotatable bonds is 3. The first-order chi connectivity index (χ1) is 9.72. The lowest BCUT2D eigenvalue weighted by Gasteiger charge is -2.32. The van der Waals surface area contributed by atoms with Crippen LogP contribution in [0.3, 0.4) is 0 Å². The first-order valence-corrected chi connectivity index (χ1v) is 7.62. The number of hydrogen-bond donors (Lipinski definition) is 1. The molecule has 2 heterocycles. The first kappa shape index (κ1) is 14.1. The van der Waals surface area contributed by atoms with Crippen LogP contribution < -0.4 is 0 Å². The van der Waals surface area contributed by atoms with Gasteiger partial charge in [-0.3, -0.25) is 9.80 Å². The van der Waals surface area contributed by atoms with Gasteiger partial charge in [-0.2, -0.15) is 0 Å². The zero-order valence-electron chi connectivity index (χ0n) is 11.6. The van der Waals surface area contributed by atoms with E-state index in [0.29, 0.717) is 11.1 Å². The highest BCUT2D eigenvalue weighted by atomic mass is 35.5. The molecule has 0 aromatic heterocycles. The molecule has 0 aliphatic carbocycles. The monoisotopic (exact) mass is 296 g/mol. The molecule has 1 aromatic rings. The second-order valence-electron chi connectivity index (χ2n) is 5.61. The third kappa shape index (κ3) is 3.26. The standard InChI is InChI=1S/C15H21ClN2O2/c16-14-9-12(1-2-15(14)19)10-17-4-3-13(11-17)18-5-7-20-8-6-18/h1-2,9,13,19H,3-8,10-11H2. The molecule has 0 bridgehead atoms. The van der Waals surface area contributed by atoms with E-state index in [1.165, 1.54) is 6.42 Å². The summed E-state index contributed by atoms with van der Waals surface area (Å²) in [7, 11) is 0. The van der Waals surface area contributed by atoms with E-state index in [0.717, 1.165) is 51.5 Å². The number of phenols is 1. The Hall–Kier alpha value is -0.810. The molecule has 2 aliphatic rings. The summed E-state index contributed by atoms with van der Waals surface area (Å²) in [6.07, 6.45) is 1.23. The van der Waals surface area contributed by atoms with E-state index in [1.807, 2.05) is 12.1 Å². The molecule has 110 valence electrons. The molecule has 0 radical (unpaired) electrons. The van der Waals surface area contributed by atoms with Gasteiger partial charge in [0, 0.05) is 38.8 Å². The first-order valence-electron chi connectivity index (χ1n) is 7.24. The smallest absolute Gasteiger partial charge is 0.134 e. The SMILES string of the molecule is Oc1ccc(CN2CCC(N3CCOCC3)C2)cc1Cl. The molecule has 2 aliphatic heterocycles. The highest BCUT2D eigenvalue weighted by molar-refractivity contribution is 6.32. The molecule has 1 atom stereocenters. The van der Waals surface area contributed by atoms with Gasteiger partial charge in [-0.15, -0.1) is 0 Å². The van der Waals surface area contributed by atoms with Crippen LogP contribution in [0, 0.1) is 0 Å². The zero-order chi connectivity index (χ0) is 13.9. The Bertz CT molecular complexity index is 463. The van der Waals surface area contributed by atoms with E-state index in [2.05, 4.69) is 9.80 Å². The van der Waals surface area contributed by atoms with Crippen molar-refractivity contribution < 1.29 is 9.84 Å². The van der Waals surface area contributed by atoms with Gasteiger partial charge >= 0.3 is 0 Å². The summed E-state index contributed by atoms with van der Waals surface area (Å²) in [5, 5.41) is 9.89. The van der Waals surface area contributed by atoms with Crippen molar-refractivity contribution in [1.82, 2.24) is 9.80 Å². The van der Waals surface area contributed by atoms with Gasteiger partial charge in [0.05, 0.1) is 18.2 Å². The fraction of sp³-hybridized carbons (Fsp3) is 0.600. The predicted molar refractivity (Wildman–Crippen MR) is 79.2 cm³/mol. The van der Waals surface area contributed by atoms with E-state index in [1.54, 1.807) is 6.07 Å². The van der Waals surface area contributed by atoms with Crippen molar-refractivity contribution in [3.8, 4) is 5.75 Å². The van der Waals surface area contributed by atoms with Crippen LogP contribution in [0.1, 0.15) is 12.0 Å². The summed E-state index contributed by atoms with van der Waals surface area (Å²) in [6, 6.07) is 6.14. The van der Waals surface area contributed by atoms with Gasteiger partial charge in [0.1, 0.15) is 5.75 Å². The van der Waals surface area contributed by atoms with Crippen molar-refractivity contribution in [3.63, 3.8) is 0 Å². The predicted octanol–water partition coefficient (Wildman–Crippen LogP) is 1.95. The summed E-state index contributed by atoms with van der Waals surface area (Å²) < 4.78 is 5.41. The molecule has 0 saturated carbocycles. The van der Waals surface area contributed by atoms with Crippen molar-refractivity contribution in [3.05, 3.63) is 28.8 Å². The second kappa shape index (κ2) is 6.31. The number of ether oxygens (including phenoxy) is 1. The summed E-state index contributed by atoms with van der Waals surface area (Å²) >= 11 is 5.96. The van der Waals surface area contributed by atoms with Gasteiger partial charge in [0.2, 0.25) is 0 Å². The molecule has 0 amide bonds. The highest BCUT2D eigenvalue weighted by Crippen LogP contribution is 2.25. The van der Waals surface area contributed by atoms with Gasteiger partial charge in [-0.25, -0.2) is 0 Å². The van der Waals surface area contributed by atoms with Gasteiger partial charge in [-0.1, -0.05) is 17.7 Å². The molecule has 3 rings (SSSR count). The number of aromatic hydroxyl groups is 1. The van der Waals surface area contributed by atoms with Crippen molar-refractivity contribution in [1.29, 1.82) is 0 Å². The summed E-state index contributed by atoms with van der Waals surface area (Å²) in [5.41, 5.74) is 1.16. The molecule has 1 aromatic carbocycles. The number of morpholine rings is 1. The molecule has 20 heavy (non-hydrogen) atoms. The summed E-state index contributed by atoms with van der Waals surface area (Å²) in [6.45, 7) is 6.99.